The van der Waals surface area contributed by atoms with E-state index in [1.165, 1.54) is 12.3 Å². The van der Waals surface area contributed by atoms with E-state index in [4.69, 9.17) is 0 Å². The third-order valence-electron chi connectivity index (χ3n) is 3.68. The second kappa shape index (κ2) is 5.88. The smallest absolute Gasteiger partial charge is 0.295 e. The topological polar surface area (TPSA) is 75.7 Å². The monoisotopic (exact) mass is 306 g/mol. The van der Waals surface area contributed by atoms with Gasteiger partial charge in [-0.15, -0.1) is 0 Å². The molecule has 3 aromatic rings. The molecule has 0 amide bonds. The number of aryl methyl sites for hydroxylation is 1. The first-order valence-electron chi connectivity index (χ1n) is 7.06. The van der Waals surface area contributed by atoms with Crippen molar-refractivity contribution < 1.29 is 10.0 Å². The van der Waals surface area contributed by atoms with Gasteiger partial charge in [-0.1, -0.05) is 42.5 Å². The zero-order valence-electron chi connectivity index (χ0n) is 12.4. The van der Waals surface area contributed by atoms with Crippen LogP contribution in [0.2, 0.25) is 0 Å². The van der Waals surface area contributed by atoms with E-state index >= 15 is 0 Å². The molecule has 114 valence electrons. The molecule has 0 fully saturated rings. The molecule has 0 aliphatic rings. The number of nitrogens with zero attached hydrogens (tertiary/aromatic N) is 2. The minimum atomic E-state index is -0.456. The summed E-state index contributed by atoms with van der Waals surface area (Å²) in [5, 5.41) is 23.1. The molecular formula is C18H14N2O3. The summed E-state index contributed by atoms with van der Waals surface area (Å²) in [6.07, 6.45) is 1.48. The van der Waals surface area contributed by atoms with Crippen LogP contribution in [0.5, 0.6) is 5.75 Å². The Morgan fingerprint density at radius 1 is 1.09 bits per heavy atom. The maximum Gasteiger partial charge on any atom is 0.295 e. The van der Waals surface area contributed by atoms with Crippen LogP contribution in [0.1, 0.15) is 11.1 Å². The Morgan fingerprint density at radius 3 is 2.65 bits per heavy atom. The minimum Gasteiger partial charge on any atom is -0.507 e. The summed E-state index contributed by atoms with van der Waals surface area (Å²) in [5.41, 5.74) is 1.49. The van der Waals surface area contributed by atoms with E-state index in [1.54, 1.807) is 25.1 Å². The van der Waals surface area contributed by atoms with Crippen molar-refractivity contribution in [2.24, 2.45) is 4.99 Å². The summed E-state index contributed by atoms with van der Waals surface area (Å²) in [6, 6.07) is 15.8. The Kier molecular flexibility index (Phi) is 3.76. The molecule has 0 spiro atoms. The van der Waals surface area contributed by atoms with Gasteiger partial charge in [0, 0.05) is 17.8 Å². The Balaban J connectivity index is 2.15. The SMILES string of the molecule is Cc1cccc([N+](=O)[O-])c1N=Cc1c(O)ccc2ccccc12. The molecule has 0 aliphatic carbocycles. The van der Waals surface area contributed by atoms with Gasteiger partial charge in [-0.3, -0.25) is 10.1 Å². The molecule has 0 saturated carbocycles. The van der Waals surface area contributed by atoms with E-state index in [-0.39, 0.29) is 11.4 Å². The molecule has 3 aromatic carbocycles. The van der Waals surface area contributed by atoms with Gasteiger partial charge in [0.2, 0.25) is 0 Å². The van der Waals surface area contributed by atoms with Crippen LogP contribution in [0.15, 0.2) is 59.6 Å². The number of hydrogen-bond acceptors (Lipinski definition) is 4. The lowest BCUT2D eigenvalue weighted by molar-refractivity contribution is -0.384. The van der Waals surface area contributed by atoms with E-state index in [9.17, 15) is 15.2 Å². The molecule has 5 nitrogen and oxygen atoms in total. The maximum atomic E-state index is 11.1. The standard InChI is InChI=1S/C18H14N2O3/c1-12-5-4-8-16(20(22)23)18(12)19-11-15-14-7-3-2-6-13(14)9-10-17(15)21/h2-11,21H,1H3. The quantitative estimate of drug-likeness (QED) is 0.439. The van der Waals surface area contributed by atoms with Crippen LogP contribution in [-0.2, 0) is 0 Å². The molecule has 0 saturated heterocycles. The summed E-state index contributed by atoms with van der Waals surface area (Å²) in [7, 11) is 0. The Bertz CT molecular complexity index is 933. The predicted octanol–water partition coefficient (Wildman–Crippen LogP) is 4.51. The number of phenols is 1. The number of fused-ring (bicyclic) bond motifs is 1. The molecule has 0 aromatic heterocycles. The number of phenolic OH excluding ortho intramolecular Hbond substituents is 1. The van der Waals surface area contributed by atoms with Gasteiger partial charge < -0.3 is 5.11 Å². The summed E-state index contributed by atoms with van der Waals surface area (Å²) < 4.78 is 0. The van der Waals surface area contributed by atoms with Crippen molar-refractivity contribution in [2.75, 3.05) is 0 Å². The van der Waals surface area contributed by atoms with E-state index in [0.29, 0.717) is 16.8 Å². The van der Waals surface area contributed by atoms with Gasteiger partial charge in [0.15, 0.2) is 0 Å². The zero-order valence-corrected chi connectivity index (χ0v) is 12.4. The van der Waals surface area contributed by atoms with Crippen molar-refractivity contribution in [1.82, 2.24) is 0 Å². The zero-order chi connectivity index (χ0) is 16.4. The van der Waals surface area contributed by atoms with Crippen molar-refractivity contribution in [3.63, 3.8) is 0 Å². The van der Waals surface area contributed by atoms with E-state index in [0.717, 1.165) is 10.8 Å². The molecule has 0 aliphatic heterocycles. The Morgan fingerprint density at radius 2 is 1.87 bits per heavy atom. The van der Waals surface area contributed by atoms with Crippen LogP contribution >= 0.6 is 0 Å². The van der Waals surface area contributed by atoms with Crippen molar-refractivity contribution >= 4 is 28.4 Å². The average molecular weight is 306 g/mol. The lowest BCUT2D eigenvalue weighted by atomic mass is 10.0. The van der Waals surface area contributed by atoms with Crippen LogP contribution < -0.4 is 0 Å². The Labute approximate surface area is 132 Å². The second-order valence-corrected chi connectivity index (χ2v) is 5.18. The van der Waals surface area contributed by atoms with Crippen LogP contribution in [0, 0.1) is 17.0 Å². The van der Waals surface area contributed by atoms with Crippen molar-refractivity contribution in [3.05, 3.63) is 75.8 Å². The number of para-hydroxylation sites is 1. The minimum absolute atomic E-state index is 0.0547. The first-order chi connectivity index (χ1) is 11.1. The number of nitro groups is 1. The van der Waals surface area contributed by atoms with Crippen LogP contribution in [0.25, 0.3) is 10.8 Å². The third-order valence-corrected chi connectivity index (χ3v) is 3.68. The van der Waals surface area contributed by atoms with Gasteiger partial charge in [-0.25, -0.2) is 4.99 Å². The molecule has 0 bridgehead atoms. The van der Waals surface area contributed by atoms with Crippen molar-refractivity contribution in [3.8, 4) is 5.75 Å². The number of rotatable bonds is 3. The van der Waals surface area contributed by atoms with Gasteiger partial charge in [-0.2, -0.15) is 0 Å². The van der Waals surface area contributed by atoms with E-state index < -0.39 is 4.92 Å². The van der Waals surface area contributed by atoms with E-state index in [2.05, 4.69) is 4.99 Å². The lowest BCUT2D eigenvalue weighted by Gasteiger charge is -2.05. The fourth-order valence-corrected chi connectivity index (χ4v) is 2.51. The number of nitro benzene ring substituents is 1. The highest BCUT2D eigenvalue weighted by atomic mass is 16.6. The number of benzene rings is 3. The molecule has 23 heavy (non-hydrogen) atoms. The highest BCUT2D eigenvalue weighted by molar-refractivity contribution is 6.03. The summed E-state index contributed by atoms with van der Waals surface area (Å²) in [5.74, 6) is 0.0867. The first kappa shape index (κ1) is 14.7. The van der Waals surface area contributed by atoms with Crippen molar-refractivity contribution in [1.29, 1.82) is 0 Å². The van der Waals surface area contributed by atoms with Gasteiger partial charge in [0.05, 0.1) is 4.92 Å². The second-order valence-electron chi connectivity index (χ2n) is 5.18. The molecule has 5 heteroatoms. The van der Waals surface area contributed by atoms with Crippen molar-refractivity contribution in [2.45, 2.75) is 6.92 Å². The van der Waals surface area contributed by atoms with Gasteiger partial charge in [0.25, 0.3) is 5.69 Å². The number of aliphatic imine (C=N–C) groups is 1. The summed E-state index contributed by atoms with van der Waals surface area (Å²) in [6.45, 7) is 1.77. The largest absolute Gasteiger partial charge is 0.507 e. The highest BCUT2D eigenvalue weighted by Gasteiger charge is 2.14. The predicted molar refractivity (Wildman–Crippen MR) is 90.7 cm³/mol. The molecule has 0 heterocycles. The van der Waals surface area contributed by atoms with E-state index in [1.807, 2.05) is 30.3 Å². The lowest BCUT2D eigenvalue weighted by Crippen LogP contribution is -1.91. The van der Waals surface area contributed by atoms with Crippen LogP contribution in [0.3, 0.4) is 0 Å². The maximum absolute atomic E-state index is 11.1. The number of aromatic hydroxyl groups is 1. The molecule has 0 atom stereocenters. The summed E-state index contributed by atoms with van der Waals surface area (Å²) in [4.78, 5) is 15.0. The first-order valence-corrected chi connectivity index (χ1v) is 7.06. The van der Waals surface area contributed by atoms with Crippen LogP contribution in [0.4, 0.5) is 11.4 Å². The van der Waals surface area contributed by atoms with Crippen LogP contribution in [-0.4, -0.2) is 16.2 Å². The fraction of sp³-hybridized carbons (Fsp3) is 0.0556. The molecule has 0 radical (unpaired) electrons. The summed E-state index contributed by atoms with van der Waals surface area (Å²) >= 11 is 0. The van der Waals surface area contributed by atoms with Gasteiger partial charge in [-0.05, 0) is 29.3 Å². The molecular weight excluding hydrogens is 292 g/mol. The molecule has 0 unspecified atom stereocenters. The number of hydrogen-bond donors (Lipinski definition) is 1. The molecule has 1 N–H and O–H groups in total. The highest BCUT2D eigenvalue weighted by Crippen LogP contribution is 2.32. The third kappa shape index (κ3) is 2.76. The Hall–Kier alpha value is -3.21. The van der Waals surface area contributed by atoms with Gasteiger partial charge in [0.1, 0.15) is 11.4 Å². The molecule has 3 rings (SSSR count). The fourth-order valence-electron chi connectivity index (χ4n) is 2.51. The average Bonchev–Trinajstić information content (AvgIpc) is 2.54. The van der Waals surface area contributed by atoms with Gasteiger partial charge >= 0.3 is 0 Å². The normalized spacial score (nSPS) is 11.2.